The van der Waals surface area contributed by atoms with E-state index in [2.05, 4.69) is 5.32 Å². The normalized spacial score (nSPS) is 11.7. The number of aldehydes is 1. The molecule has 0 bridgehead atoms. The molecule has 1 aromatic carbocycles. The molecule has 0 aliphatic rings. The fraction of sp³-hybridized carbons (Fsp3) is 0.500. The first kappa shape index (κ1) is 16.2. The smallest absolute Gasteiger partial charge is 0.308 e. The van der Waals surface area contributed by atoms with Crippen LogP contribution in [0.3, 0.4) is 0 Å². The summed E-state index contributed by atoms with van der Waals surface area (Å²) in [5.41, 5.74) is 1.59. The van der Waals surface area contributed by atoms with Crippen LogP contribution in [0.1, 0.15) is 43.5 Å². The number of benzene rings is 1. The van der Waals surface area contributed by atoms with Crippen LogP contribution < -0.4 is 5.32 Å². The molecule has 4 heteroatoms. The maximum atomic E-state index is 11.6. The number of ether oxygens (including phenoxy) is 1. The average Bonchev–Trinajstić information content (AvgIpc) is 2.47. The third-order valence-corrected chi connectivity index (χ3v) is 3.19. The number of carbonyl (C=O) groups excluding carboxylic acids is 2. The molecule has 0 spiro atoms. The SMILES string of the molecule is CCOC(=O)C(CC)CCCNc1cccc(C=O)c1. The Bertz CT molecular complexity index is 431. The summed E-state index contributed by atoms with van der Waals surface area (Å²) in [5, 5.41) is 3.26. The van der Waals surface area contributed by atoms with E-state index in [1.807, 2.05) is 32.0 Å². The van der Waals surface area contributed by atoms with Crippen molar-refractivity contribution in [3.8, 4) is 0 Å². The molecule has 1 aromatic rings. The van der Waals surface area contributed by atoms with Gasteiger partial charge in [-0.15, -0.1) is 0 Å². The second-order valence-corrected chi connectivity index (χ2v) is 4.67. The second kappa shape index (κ2) is 9.13. The van der Waals surface area contributed by atoms with Gasteiger partial charge in [0.2, 0.25) is 0 Å². The van der Waals surface area contributed by atoms with Crippen molar-refractivity contribution in [2.75, 3.05) is 18.5 Å². The van der Waals surface area contributed by atoms with Gasteiger partial charge in [0, 0.05) is 17.8 Å². The van der Waals surface area contributed by atoms with Crippen LogP contribution in [-0.4, -0.2) is 25.4 Å². The molecule has 0 fully saturated rings. The van der Waals surface area contributed by atoms with E-state index < -0.39 is 0 Å². The van der Waals surface area contributed by atoms with Crippen LogP contribution >= 0.6 is 0 Å². The summed E-state index contributed by atoms with van der Waals surface area (Å²) in [4.78, 5) is 22.3. The first-order valence-electron chi connectivity index (χ1n) is 7.17. The van der Waals surface area contributed by atoms with Crippen LogP contribution in [0.15, 0.2) is 24.3 Å². The highest BCUT2D eigenvalue weighted by atomic mass is 16.5. The summed E-state index contributed by atoms with van der Waals surface area (Å²) in [6.07, 6.45) is 3.34. The number of hydrogen-bond donors (Lipinski definition) is 1. The number of hydrogen-bond acceptors (Lipinski definition) is 4. The Morgan fingerprint density at radius 3 is 2.85 bits per heavy atom. The highest BCUT2D eigenvalue weighted by Gasteiger charge is 2.16. The van der Waals surface area contributed by atoms with Crippen molar-refractivity contribution in [3.05, 3.63) is 29.8 Å². The van der Waals surface area contributed by atoms with Crippen molar-refractivity contribution in [1.29, 1.82) is 0 Å². The van der Waals surface area contributed by atoms with Gasteiger partial charge >= 0.3 is 5.97 Å². The molecule has 0 aliphatic heterocycles. The zero-order valence-corrected chi connectivity index (χ0v) is 12.2. The van der Waals surface area contributed by atoms with E-state index in [-0.39, 0.29) is 11.9 Å². The van der Waals surface area contributed by atoms with Crippen molar-refractivity contribution in [1.82, 2.24) is 0 Å². The van der Waals surface area contributed by atoms with Gasteiger partial charge in [0.15, 0.2) is 0 Å². The van der Waals surface area contributed by atoms with Gasteiger partial charge in [-0.2, -0.15) is 0 Å². The molecule has 0 heterocycles. The van der Waals surface area contributed by atoms with E-state index in [1.54, 1.807) is 6.07 Å². The first-order valence-corrected chi connectivity index (χ1v) is 7.17. The number of esters is 1. The molecule has 0 aromatic heterocycles. The van der Waals surface area contributed by atoms with Gasteiger partial charge in [-0.05, 0) is 38.3 Å². The molecule has 0 aliphatic carbocycles. The van der Waals surface area contributed by atoms with Gasteiger partial charge < -0.3 is 10.1 Å². The van der Waals surface area contributed by atoms with Crippen molar-refractivity contribution in [2.45, 2.75) is 33.1 Å². The minimum absolute atomic E-state index is 0.0157. The summed E-state index contributed by atoms with van der Waals surface area (Å²) >= 11 is 0. The van der Waals surface area contributed by atoms with Crippen LogP contribution in [0.2, 0.25) is 0 Å². The molecule has 1 unspecified atom stereocenters. The zero-order valence-electron chi connectivity index (χ0n) is 12.2. The minimum atomic E-state index is -0.0991. The maximum Gasteiger partial charge on any atom is 0.308 e. The summed E-state index contributed by atoms with van der Waals surface area (Å²) in [6, 6.07) is 7.36. The lowest BCUT2D eigenvalue weighted by molar-refractivity contribution is -0.148. The molecule has 0 radical (unpaired) electrons. The van der Waals surface area contributed by atoms with E-state index in [0.717, 1.165) is 37.8 Å². The minimum Gasteiger partial charge on any atom is -0.466 e. The van der Waals surface area contributed by atoms with Crippen molar-refractivity contribution >= 4 is 17.9 Å². The summed E-state index contributed by atoms with van der Waals surface area (Å²) < 4.78 is 5.04. The van der Waals surface area contributed by atoms with Gasteiger partial charge in [-0.1, -0.05) is 19.1 Å². The van der Waals surface area contributed by atoms with E-state index in [4.69, 9.17) is 4.74 Å². The molecule has 1 rings (SSSR count). The Kier molecular flexibility index (Phi) is 7.40. The Morgan fingerprint density at radius 2 is 2.20 bits per heavy atom. The topological polar surface area (TPSA) is 55.4 Å². The van der Waals surface area contributed by atoms with Crippen LogP contribution in [0.5, 0.6) is 0 Å². The van der Waals surface area contributed by atoms with E-state index in [9.17, 15) is 9.59 Å². The Balaban J connectivity index is 2.32. The standard InChI is InChI=1S/C16H23NO3/c1-3-14(16(19)20-4-2)8-6-10-17-15-9-5-7-13(11-15)12-18/h5,7,9,11-12,14,17H,3-4,6,8,10H2,1-2H3. The lowest BCUT2D eigenvalue weighted by atomic mass is 10.0. The van der Waals surface area contributed by atoms with E-state index in [0.29, 0.717) is 12.2 Å². The van der Waals surface area contributed by atoms with Gasteiger partial charge in [0.25, 0.3) is 0 Å². The van der Waals surface area contributed by atoms with Crippen LogP contribution in [0.4, 0.5) is 5.69 Å². The third-order valence-electron chi connectivity index (χ3n) is 3.19. The summed E-state index contributed by atoms with van der Waals surface area (Å²) in [5.74, 6) is -0.115. The Morgan fingerprint density at radius 1 is 1.40 bits per heavy atom. The van der Waals surface area contributed by atoms with Crippen molar-refractivity contribution in [2.24, 2.45) is 5.92 Å². The first-order chi connectivity index (χ1) is 9.71. The summed E-state index contributed by atoms with van der Waals surface area (Å²) in [7, 11) is 0. The molecule has 1 N–H and O–H groups in total. The number of anilines is 1. The van der Waals surface area contributed by atoms with Crippen LogP contribution in [0, 0.1) is 5.92 Å². The maximum absolute atomic E-state index is 11.6. The molecule has 20 heavy (non-hydrogen) atoms. The van der Waals surface area contributed by atoms with Crippen molar-refractivity contribution in [3.63, 3.8) is 0 Å². The predicted molar refractivity (Wildman–Crippen MR) is 80.0 cm³/mol. The lowest BCUT2D eigenvalue weighted by Gasteiger charge is -2.13. The zero-order chi connectivity index (χ0) is 14.8. The average molecular weight is 277 g/mol. The largest absolute Gasteiger partial charge is 0.466 e. The monoisotopic (exact) mass is 277 g/mol. The molecular weight excluding hydrogens is 254 g/mol. The quantitative estimate of drug-likeness (QED) is 0.427. The highest BCUT2D eigenvalue weighted by Crippen LogP contribution is 2.14. The van der Waals surface area contributed by atoms with Crippen LogP contribution in [0.25, 0.3) is 0 Å². The molecular formula is C16H23NO3. The molecule has 1 atom stereocenters. The molecule has 0 amide bonds. The van der Waals surface area contributed by atoms with Crippen molar-refractivity contribution < 1.29 is 14.3 Å². The predicted octanol–water partition coefficient (Wildman–Crippen LogP) is 3.28. The number of rotatable bonds is 9. The molecule has 4 nitrogen and oxygen atoms in total. The van der Waals surface area contributed by atoms with Gasteiger partial charge in [-0.3, -0.25) is 9.59 Å². The van der Waals surface area contributed by atoms with Gasteiger partial charge in [0.1, 0.15) is 6.29 Å². The number of carbonyl (C=O) groups is 2. The van der Waals surface area contributed by atoms with E-state index >= 15 is 0 Å². The van der Waals surface area contributed by atoms with Gasteiger partial charge in [-0.25, -0.2) is 0 Å². The fourth-order valence-electron chi connectivity index (χ4n) is 2.05. The Hall–Kier alpha value is -1.84. The highest BCUT2D eigenvalue weighted by molar-refractivity contribution is 5.76. The van der Waals surface area contributed by atoms with E-state index in [1.165, 1.54) is 0 Å². The Labute approximate surface area is 120 Å². The molecule has 0 saturated carbocycles. The molecule has 0 saturated heterocycles. The lowest BCUT2D eigenvalue weighted by Crippen LogP contribution is -2.18. The third kappa shape index (κ3) is 5.43. The molecule has 110 valence electrons. The number of nitrogens with one attached hydrogen (secondary N) is 1. The van der Waals surface area contributed by atoms with Gasteiger partial charge in [0.05, 0.1) is 12.5 Å². The van der Waals surface area contributed by atoms with Crippen LogP contribution in [-0.2, 0) is 9.53 Å². The second-order valence-electron chi connectivity index (χ2n) is 4.67. The summed E-state index contributed by atoms with van der Waals surface area (Å²) in [6.45, 7) is 5.04. The fourth-order valence-corrected chi connectivity index (χ4v) is 2.05.